The first kappa shape index (κ1) is 15.7. The summed E-state index contributed by atoms with van der Waals surface area (Å²) in [4.78, 5) is 26.3. The molecule has 5 heteroatoms. The Labute approximate surface area is 146 Å². The fourth-order valence-electron chi connectivity index (χ4n) is 3.45. The highest BCUT2D eigenvalue weighted by Crippen LogP contribution is 2.24. The zero-order chi connectivity index (χ0) is 17.2. The van der Waals surface area contributed by atoms with Crippen LogP contribution in [0.2, 0.25) is 0 Å². The van der Waals surface area contributed by atoms with E-state index in [0.717, 1.165) is 28.9 Å². The minimum absolute atomic E-state index is 0.0123. The zero-order valence-corrected chi connectivity index (χ0v) is 13.9. The molecule has 0 unspecified atom stereocenters. The van der Waals surface area contributed by atoms with Gasteiger partial charge in [-0.15, -0.1) is 0 Å². The Morgan fingerprint density at radius 1 is 1.12 bits per heavy atom. The van der Waals surface area contributed by atoms with E-state index in [1.165, 1.54) is 0 Å². The molecule has 0 fully saturated rings. The molecular weight excluding hydrogens is 316 g/mol. The molecule has 25 heavy (non-hydrogen) atoms. The Kier molecular flexibility index (Phi) is 4.14. The van der Waals surface area contributed by atoms with Crippen molar-refractivity contribution in [3.63, 3.8) is 0 Å². The summed E-state index contributed by atoms with van der Waals surface area (Å²) in [6, 6.07) is 15.5. The van der Waals surface area contributed by atoms with Crippen LogP contribution >= 0.6 is 0 Å². The molecule has 128 valence electrons. The Hall–Kier alpha value is -2.82. The number of fused-ring (bicyclic) bond motifs is 2. The number of amides is 2. The van der Waals surface area contributed by atoms with Crippen molar-refractivity contribution < 1.29 is 14.3 Å². The lowest BCUT2D eigenvalue weighted by molar-refractivity contribution is -0.122. The largest absolute Gasteiger partial charge is 0.491 e. The van der Waals surface area contributed by atoms with Gasteiger partial charge in [0.25, 0.3) is 5.91 Å². The predicted molar refractivity (Wildman–Crippen MR) is 93.4 cm³/mol. The van der Waals surface area contributed by atoms with Gasteiger partial charge in [0.05, 0.1) is 6.04 Å². The molecule has 0 bridgehead atoms. The molecule has 2 heterocycles. The van der Waals surface area contributed by atoms with E-state index in [1.807, 2.05) is 48.5 Å². The van der Waals surface area contributed by atoms with E-state index in [9.17, 15) is 9.59 Å². The summed E-state index contributed by atoms with van der Waals surface area (Å²) >= 11 is 0. The highest BCUT2D eigenvalue weighted by atomic mass is 16.5. The minimum atomic E-state index is -0.0447. The van der Waals surface area contributed by atoms with Crippen LogP contribution in [0.15, 0.2) is 48.5 Å². The minimum Gasteiger partial charge on any atom is -0.491 e. The van der Waals surface area contributed by atoms with Crippen LogP contribution in [-0.2, 0) is 17.8 Å². The summed E-state index contributed by atoms with van der Waals surface area (Å²) in [5.74, 6) is 0.864. The highest BCUT2D eigenvalue weighted by molar-refractivity contribution is 5.98. The van der Waals surface area contributed by atoms with E-state index in [0.29, 0.717) is 26.1 Å². The van der Waals surface area contributed by atoms with Gasteiger partial charge in [-0.25, -0.2) is 0 Å². The van der Waals surface area contributed by atoms with Crippen LogP contribution in [0, 0.1) is 0 Å². The van der Waals surface area contributed by atoms with Crippen LogP contribution in [0.5, 0.6) is 5.75 Å². The SMILES string of the molecule is O=C(CCN1Cc2ccccc2C1=O)N[C@@H]1COc2ccccc2C1. The maximum atomic E-state index is 12.3. The molecule has 2 amide bonds. The fourth-order valence-corrected chi connectivity index (χ4v) is 3.45. The number of hydrogen-bond acceptors (Lipinski definition) is 3. The zero-order valence-electron chi connectivity index (χ0n) is 13.9. The second kappa shape index (κ2) is 6.59. The number of nitrogens with zero attached hydrogens (tertiary/aromatic N) is 1. The number of rotatable bonds is 4. The number of carbonyl (C=O) groups is 2. The van der Waals surface area contributed by atoms with Crippen LogP contribution in [0.25, 0.3) is 0 Å². The maximum Gasteiger partial charge on any atom is 0.254 e. The summed E-state index contributed by atoms with van der Waals surface area (Å²) in [7, 11) is 0. The van der Waals surface area contributed by atoms with E-state index in [1.54, 1.807) is 4.90 Å². The third-order valence-corrected chi connectivity index (χ3v) is 4.75. The molecule has 2 aromatic carbocycles. The van der Waals surface area contributed by atoms with Crippen molar-refractivity contribution >= 4 is 11.8 Å². The van der Waals surface area contributed by atoms with Crippen LogP contribution < -0.4 is 10.1 Å². The molecule has 1 N–H and O–H groups in total. The number of nitrogens with one attached hydrogen (secondary N) is 1. The third kappa shape index (κ3) is 3.22. The predicted octanol–water partition coefficient (Wildman–Crippen LogP) is 2.15. The van der Waals surface area contributed by atoms with Crippen molar-refractivity contribution in [1.82, 2.24) is 10.2 Å². The average Bonchev–Trinajstić information content (AvgIpc) is 2.96. The highest BCUT2D eigenvalue weighted by Gasteiger charge is 2.27. The molecule has 0 aliphatic carbocycles. The first-order valence-electron chi connectivity index (χ1n) is 8.58. The first-order valence-corrected chi connectivity index (χ1v) is 8.58. The molecule has 2 aromatic rings. The second-order valence-corrected chi connectivity index (χ2v) is 6.52. The van der Waals surface area contributed by atoms with Gasteiger partial charge in [-0.05, 0) is 29.7 Å². The van der Waals surface area contributed by atoms with Crippen LogP contribution in [0.3, 0.4) is 0 Å². The van der Waals surface area contributed by atoms with Gasteiger partial charge >= 0.3 is 0 Å². The van der Waals surface area contributed by atoms with Crippen LogP contribution in [0.1, 0.15) is 27.9 Å². The van der Waals surface area contributed by atoms with Crippen molar-refractivity contribution in [3.8, 4) is 5.75 Å². The quantitative estimate of drug-likeness (QED) is 0.931. The molecule has 2 aliphatic rings. The number of hydrogen-bond donors (Lipinski definition) is 1. The molecule has 4 rings (SSSR count). The van der Waals surface area contributed by atoms with Crippen molar-refractivity contribution in [1.29, 1.82) is 0 Å². The second-order valence-electron chi connectivity index (χ2n) is 6.52. The first-order chi connectivity index (χ1) is 12.2. The Morgan fingerprint density at radius 2 is 1.88 bits per heavy atom. The van der Waals surface area contributed by atoms with Gasteiger partial charge in [-0.1, -0.05) is 36.4 Å². The fraction of sp³-hybridized carbons (Fsp3) is 0.300. The lowest BCUT2D eigenvalue weighted by Gasteiger charge is -2.26. The normalized spacial score (nSPS) is 18.3. The van der Waals surface area contributed by atoms with Crippen LogP contribution in [-0.4, -0.2) is 35.9 Å². The molecule has 5 nitrogen and oxygen atoms in total. The monoisotopic (exact) mass is 336 g/mol. The average molecular weight is 336 g/mol. The smallest absolute Gasteiger partial charge is 0.254 e. The molecule has 1 atom stereocenters. The van der Waals surface area contributed by atoms with Gasteiger partial charge in [0.15, 0.2) is 0 Å². The summed E-state index contributed by atoms with van der Waals surface area (Å²) in [5, 5.41) is 3.02. The topological polar surface area (TPSA) is 58.6 Å². The summed E-state index contributed by atoms with van der Waals surface area (Å²) in [5.41, 5.74) is 2.90. The van der Waals surface area contributed by atoms with E-state index < -0.39 is 0 Å². The van der Waals surface area contributed by atoms with Crippen molar-refractivity contribution in [3.05, 3.63) is 65.2 Å². The Morgan fingerprint density at radius 3 is 2.72 bits per heavy atom. The van der Waals surface area contributed by atoms with E-state index in [-0.39, 0.29) is 17.9 Å². The van der Waals surface area contributed by atoms with Gasteiger partial charge in [-0.2, -0.15) is 0 Å². The lowest BCUT2D eigenvalue weighted by Crippen LogP contribution is -2.43. The van der Waals surface area contributed by atoms with E-state index >= 15 is 0 Å². The van der Waals surface area contributed by atoms with Gasteiger partial charge in [-0.3, -0.25) is 9.59 Å². The Balaban J connectivity index is 1.29. The van der Waals surface area contributed by atoms with Gasteiger partial charge in [0.2, 0.25) is 5.91 Å². The maximum absolute atomic E-state index is 12.3. The number of benzene rings is 2. The lowest BCUT2D eigenvalue weighted by atomic mass is 10.0. The molecule has 0 saturated heterocycles. The standard InChI is InChI=1S/C20H20N2O3/c23-19(21-16-11-14-5-2-4-8-18(14)25-13-16)9-10-22-12-15-6-1-3-7-17(15)20(22)24/h1-8,16H,9-13H2,(H,21,23)/t16-/m0/s1. The molecule has 2 aliphatic heterocycles. The summed E-state index contributed by atoms with van der Waals surface area (Å²) in [6.07, 6.45) is 1.08. The van der Waals surface area contributed by atoms with Gasteiger partial charge in [0, 0.05) is 25.1 Å². The number of ether oxygens (including phenoxy) is 1. The van der Waals surface area contributed by atoms with Crippen molar-refractivity contribution in [2.24, 2.45) is 0 Å². The summed E-state index contributed by atoms with van der Waals surface area (Å²) < 4.78 is 5.69. The third-order valence-electron chi connectivity index (χ3n) is 4.75. The van der Waals surface area contributed by atoms with E-state index in [4.69, 9.17) is 4.74 Å². The Bertz CT molecular complexity index is 818. The molecule has 0 spiro atoms. The van der Waals surface area contributed by atoms with E-state index in [2.05, 4.69) is 5.32 Å². The molecule has 0 saturated carbocycles. The number of carbonyl (C=O) groups excluding carboxylic acids is 2. The van der Waals surface area contributed by atoms with Gasteiger partial charge in [0.1, 0.15) is 12.4 Å². The number of para-hydroxylation sites is 1. The van der Waals surface area contributed by atoms with Crippen molar-refractivity contribution in [2.75, 3.05) is 13.2 Å². The van der Waals surface area contributed by atoms with Gasteiger partial charge < -0.3 is 15.0 Å². The van der Waals surface area contributed by atoms with Crippen molar-refractivity contribution in [2.45, 2.75) is 25.4 Å². The summed E-state index contributed by atoms with van der Waals surface area (Å²) in [6.45, 7) is 1.50. The molecular formula is C20H20N2O3. The molecule has 0 aromatic heterocycles. The van der Waals surface area contributed by atoms with Crippen LogP contribution in [0.4, 0.5) is 0 Å². The molecule has 0 radical (unpaired) electrons.